The zero-order chi connectivity index (χ0) is 18.8. The molecule has 1 unspecified atom stereocenters. The Hall–Kier alpha value is -2.04. The first kappa shape index (κ1) is 20.3. The lowest BCUT2D eigenvalue weighted by Crippen LogP contribution is -2.00. The third-order valence-corrected chi connectivity index (χ3v) is 4.87. The second-order valence-corrected chi connectivity index (χ2v) is 7.39. The molecule has 1 heteroatoms. The zero-order valence-corrected chi connectivity index (χ0v) is 16.7. The van der Waals surface area contributed by atoms with E-state index >= 15 is 0 Å². The fraction of sp³-hybridized carbons (Fsp3) is 0.440. The van der Waals surface area contributed by atoms with Gasteiger partial charge in [-0.05, 0) is 66.5 Å². The van der Waals surface area contributed by atoms with Gasteiger partial charge < -0.3 is 4.74 Å². The van der Waals surface area contributed by atoms with E-state index < -0.39 is 0 Å². The molecule has 0 fully saturated rings. The van der Waals surface area contributed by atoms with E-state index in [1.54, 1.807) is 7.11 Å². The summed E-state index contributed by atoms with van der Waals surface area (Å²) in [4.78, 5) is 0. The molecule has 0 aliphatic rings. The molecule has 0 aliphatic heterocycles. The maximum absolute atomic E-state index is 5.11. The predicted octanol–water partition coefficient (Wildman–Crippen LogP) is 6.21. The fourth-order valence-corrected chi connectivity index (χ4v) is 3.10. The summed E-state index contributed by atoms with van der Waals surface area (Å²) in [5, 5.41) is 0. The van der Waals surface area contributed by atoms with Crippen molar-refractivity contribution in [2.45, 2.75) is 52.4 Å². The van der Waals surface area contributed by atoms with Crippen LogP contribution in [0.4, 0.5) is 0 Å². The van der Waals surface area contributed by atoms with Crippen LogP contribution in [-0.4, -0.2) is 13.7 Å². The van der Waals surface area contributed by atoms with Crippen LogP contribution in [0.5, 0.6) is 0 Å². The van der Waals surface area contributed by atoms with E-state index in [0.29, 0.717) is 5.92 Å². The topological polar surface area (TPSA) is 9.23 Å². The van der Waals surface area contributed by atoms with Gasteiger partial charge in [0.15, 0.2) is 0 Å². The standard InChI is InChI=1S/C25H32O/c1-5-24(15-6-20(2)3)25-16-13-22(14-17-25)8-7-21-9-11-23(12-10-21)18-19-26-4/h9-14,16-17,20,24H,5-6,15,18-19H2,1-4H3. The Morgan fingerprint density at radius 1 is 0.846 bits per heavy atom. The van der Waals surface area contributed by atoms with Crippen molar-refractivity contribution in [3.05, 3.63) is 70.8 Å². The molecule has 2 aromatic carbocycles. The van der Waals surface area contributed by atoms with E-state index in [4.69, 9.17) is 4.74 Å². The predicted molar refractivity (Wildman–Crippen MR) is 112 cm³/mol. The molecule has 0 aromatic heterocycles. The Balaban J connectivity index is 1.99. The van der Waals surface area contributed by atoms with E-state index in [-0.39, 0.29) is 0 Å². The Bertz CT molecular complexity index is 699. The first-order valence-corrected chi connectivity index (χ1v) is 9.82. The van der Waals surface area contributed by atoms with Gasteiger partial charge in [-0.2, -0.15) is 0 Å². The van der Waals surface area contributed by atoms with Crippen LogP contribution in [0.15, 0.2) is 48.5 Å². The molecule has 0 bridgehead atoms. The Kier molecular flexibility index (Phi) is 8.45. The highest BCUT2D eigenvalue weighted by atomic mass is 16.5. The summed E-state index contributed by atoms with van der Waals surface area (Å²) in [6, 6.07) is 17.3. The minimum Gasteiger partial charge on any atom is -0.384 e. The monoisotopic (exact) mass is 348 g/mol. The Morgan fingerprint density at radius 2 is 1.42 bits per heavy atom. The molecular weight excluding hydrogens is 316 g/mol. The van der Waals surface area contributed by atoms with E-state index in [0.717, 1.165) is 30.1 Å². The lowest BCUT2D eigenvalue weighted by atomic mass is 9.89. The molecule has 2 rings (SSSR count). The van der Waals surface area contributed by atoms with E-state index in [1.807, 2.05) is 0 Å². The van der Waals surface area contributed by atoms with E-state index in [2.05, 4.69) is 81.1 Å². The minimum atomic E-state index is 0.666. The van der Waals surface area contributed by atoms with Crippen LogP contribution in [0.1, 0.15) is 68.2 Å². The lowest BCUT2D eigenvalue weighted by Gasteiger charge is -2.16. The van der Waals surface area contributed by atoms with Crippen molar-refractivity contribution in [3.63, 3.8) is 0 Å². The number of ether oxygens (including phenoxy) is 1. The molecular formula is C25H32O. The maximum atomic E-state index is 5.11. The van der Waals surface area contributed by atoms with Crippen molar-refractivity contribution < 1.29 is 4.74 Å². The molecule has 0 radical (unpaired) electrons. The third-order valence-electron chi connectivity index (χ3n) is 4.87. The van der Waals surface area contributed by atoms with Gasteiger partial charge in [0.1, 0.15) is 0 Å². The average Bonchev–Trinajstić information content (AvgIpc) is 2.66. The first-order chi connectivity index (χ1) is 12.6. The molecule has 0 aliphatic carbocycles. The lowest BCUT2D eigenvalue weighted by molar-refractivity contribution is 0.202. The highest BCUT2D eigenvalue weighted by Gasteiger charge is 2.09. The van der Waals surface area contributed by atoms with Crippen molar-refractivity contribution in [1.82, 2.24) is 0 Å². The van der Waals surface area contributed by atoms with Gasteiger partial charge in [-0.15, -0.1) is 0 Å². The highest BCUT2D eigenvalue weighted by Crippen LogP contribution is 2.26. The first-order valence-electron chi connectivity index (χ1n) is 9.82. The third kappa shape index (κ3) is 6.70. The number of methoxy groups -OCH3 is 1. The maximum Gasteiger partial charge on any atom is 0.0502 e. The second-order valence-electron chi connectivity index (χ2n) is 7.39. The van der Waals surface area contributed by atoms with Gasteiger partial charge in [0.25, 0.3) is 0 Å². The number of rotatable bonds is 8. The highest BCUT2D eigenvalue weighted by molar-refractivity contribution is 5.44. The molecule has 138 valence electrons. The van der Waals surface area contributed by atoms with Crippen LogP contribution in [0.25, 0.3) is 0 Å². The van der Waals surface area contributed by atoms with E-state index in [1.165, 1.54) is 30.4 Å². The van der Waals surface area contributed by atoms with Crippen molar-refractivity contribution in [3.8, 4) is 11.8 Å². The molecule has 26 heavy (non-hydrogen) atoms. The molecule has 1 atom stereocenters. The van der Waals surface area contributed by atoms with Crippen molar-refractivity contribution in [1.29, 1.82) is 0 Å². The van der Waals surface area contributed by atoms with Crippen LogP contribution in [0, 0.1) is 17.8 Å². The molecule has 0 amide bonds. The quantitative estimate of drug-likeness (QED) is 0.516. The molecule has 0 saturated carbocycles. The molecule has 0 heterocycles. The van der Waals surface area contributed by atoms with Gasteiger partial charge >= 0.3 is 0 Å². The van der Waals surface area contributed by atoms with Crippen LogP contribution >= 0.6 is 0 Å². The molecule has 0 N–H and O–H groups in total. The number of hydrogen-bond acceptors (Lipinski definition) is 1. The fourth-order valence-electron chi connectivity index (χ4n) is 3.10. The van der Waals surface area contributed by atoms with Gasteiger partial charge in [0.05, 0.1) is 6.61 Å². The summed E-state index contributed by atoms with van der Waals surface area (Å²) in [7, 11) is 1.73. The van der Waals surface area contributed by atoms with Gasteiger partial charge in [0, 0.05) is 18.2 Å². The van der Waals surface area contributed by atoms with Crippen LogP contribution < -0.4 is 0 Å². The normalized spacial score (nSPS) is 11.9. The van der Waals surface area contributed by atoms with Gasteiger partial charge in [-0.25, -0.2) is 0 Å². The summed E-state index contributed by atoms with van der Waals surface area (Å²) >= 11 is 0. The summed E-state index contributed by atoms with van der Waals surface area (Å²) in [5.41, 5.74) is 4.87. The molecule has 0 saturated heterocycles. The number of hydrogen-bond donors (Lipinski definition) is 0. The van der Waals surface area contributed by atoms with Crippen LogP contribution in [0.3, 0.4) is 0 Å². The average molecular weight is 349 g/mol. The smallest absolute Gasteiger partial charge is 0.0502 e. The molecule has 0 spiro atoms. The van der Waals surface area contributed by atoms with Gasteiger partial charge in [0.2, 0.25) is 0 Å². The van der Waals surface area contributed by atoms with Crippen molar-refractivity contribution in [2.24, 2.45) is 5.92 Å². The SMILES string of the molecule is CCC(CCC(C)C)c1ccc(C#Cc2ccc(CCOC)cc2)cc1. The summed E-state index contributed by atoms with van der Waals surface area (Å²) in [6.45, 7) is 7.65. The molecule has 2 aromatic rings. The second kappa shape index (κ2) is 10.8. The van der Waals surface area contributed by atoms with Crippen molar-refractivity contribution in [2.75, 3.05) is 13.7 Å². The Labute approximate surface area is 159 Å². The largest absolute Gasteiger partial charge is 0.384 e. The van der Waals surface area contributed by atoms with Crippen molar-refractivity contribution >= 4 is 0 Å². The van der Waals surface area contributed by atoms with Gasteiger partial charge in [-0.1, -0.05) is 63.3 Å². The number of benzene rings is 2. The minimum absolute atomic E-state index is 0.666. The Morgan fingerprint density at radius 3 is 1.92 bits per heavy atom. The summed E-state index contributed by atoms with van der Waals surface area (Å²) in [6.07, 6.45) is 4.71. The van der Waals surface area contributed by atoms with Crippen LogP contribution in [-0.2, 0) is 11.2 Å². The van der Waals surface area contributed by atoms with Crippen LogP contribution in [0.2, 0.25) is 0 Å². The zero-order valence-electron chi connectivity index (χ0n) is 16.7. The summed E-state index contributed by atoms with van der Waals surface area (Å²) in [5.74, 6) is 7.99. The van der Waals surface area contributed by atoms with Gasteiger partial charge in [-0.3, -0.25) is 0 Å². The summed E-state index contributed by atoms with van der Waals surface area (Å²) < 4.78 is 5.11. The molecule has 1 nitrogen and oxygen atoms in total. The van der Waals surface area contributed by atoms with E-state index in [9.17, 15) is 0 Å².